The largest absolute Gasteiger partial charge is 0.378 e. The van der Waals surface area contributed by atoms with Crippen LogP contribution in [0.1, 0.15) is 0 Å². The van der Waals surface area contributed by atoms with E-state index in [1.54, 1.807) is 0 Å². The van der Waals surface area contributed by atoms with Gasteiger partial charge in [-0.1, -0.05) is 35.8 Å². The van der Waals surface area contributed by atoms with Crippen LogP contribution in [0.25, 0.3) is 22.0 Å². The van der Waals surface area contributed by atoms with Crippen molar-refractivity contribution in [3.63, 3.8) is 0 Å². The maximum atomic E-state index is 12.6. The molecule has 4 rings (SSSR count). The van der Waals surface area contributed by atoms with Crippen LogP contribution in [0.2, 0.25) is 0 Å². The highest BCUT2D eigenvalue weighted by molar-refractivity contribution is 6.35. The molecule has 0 atom stereocenters. The monoisotopic (exact) mass is 318 g/mol. The van der Waals surface area contributed by atoms with E-state index >= 15 is 0 Å². The lowest BCUT2D eigenvalue weighted by atomic mass is 9.89. The second kappa shape index (κ2) is 6.17. The van der Waals surface area contributed by atoms with Crippen molar-refractivity contribution in [2.45, 2.75) is 0 Å². The molecular weight excluding hydrogens is 299 g/mol. The molecule has 0 amide bonds. The third-order valence-corrected chi connectivity index (χ3v) is 4.64. The number of H-pyrrole nitrogens is 1. The first kappa shape index (κ1) is 15.0. The number of hydrogen-bond acceptors (Lipinski definition) is 3. The molecule has 0 aliphatic carbocycles. The minimum absolute atomic E-state index is 0.0409. The summed E-state index contributed by atoms with van der Waals surface area (Å²) < 4.78 is 5.40. The summed E-state index contributed by atoms with van der Waals surface area (Å²) in [5.74, 6) is 0. The molecule has 1 aliphatic rings. The van der Waals surface area contributed by atoms with Crippen LogP contribution in [0.3, 0.4) is 0 Å². The van der Waals surface area contributed by atoms with E-state index < -0.39 is 0 Å². The van der Waals surface area contributed by atoms with Crippen molar-refractivity contribution in [3.05, 3.63) is 58.9 Å². The van der Waals surface area contributed by atoms with Crippen LogP contribution in [0.15, 0.2) is 53.3 Å². The zero-order valence-electron chi connectivity index (χ0n) is 13.7. The van der Waals surface area contributed by atoms with E-state index in [4.69, 9.17) is 4.74 Å². The maximum absolute atomic E-state index is 12.6. The average molecular weight is 318 g/mol. The molecule has 1 aromatic heterocycles. The first-order chi connectivity index (χ1) is 11.7. The molecule has 1 aliphatic heterocycles. The Labute approximate surface area is 141 Å². The number of nitrogens with zero attached hydrogens (tertiary/aromatic N) is 1. The van der Waals surface area contributed by atoms with Crippen molar-refractivity contribution < 1.29 is 4.74 Å². The predicted octanol–water partition coefficient (Wildman–Crippen LogP) is 1.29. The Morgan fingerprint density at radius 3 is 2.62 bits per heavy atom. The van der Waals surface area contributed by atoms with Crippen molar-refractivity contribution in [3.8, 4) is 11.3 Å². The number of rotatable bonds is 2. The minimum Gasteiger partial charge on any atom is -0.378 e. The second-order valence-electron chi connectivity index (χ2n) is 6.20. The number of morpholine rings is 1. The standard InChI is InChI=1S/C19H19BN2O2/c20-17-4-2-1-3-15(17)18-11-13-5-6-14(12-16(13)19(23)21-18)22-7-9-24-10-8-22/h1-6,11-12H,7-10,20H2,(H,21,23). The Balaban J connectivity index is 1.80. The van der Waals surface area contributed by atoms with Gasteiger partial charge in [0, 0.05) is 29.9 Å². The molecule has 3 aromatic rings. The topological polar surface area (TPSA) is 45.3 Å². The van der Waals surface area contributed by atoms with Crippen molar-refractivity contribution in [1.82, 2.24) is 4.98 Å². The van der Waals surface area contributed by atoms with E-state index in [0.29, 0.717) is 0 Å². The summed E-state index contributed by atoms with van der Waals surface area (Å²) in [4.78, 5) is 17.9. The van der Waals surface area contributed by atoms with Crippen molar-refractivity contribution in [1.29, 1.82) is 0 Å². The fraction of sp³-hybridized carbons (Fsp3) is 0.211. The highest BCUT2D eigenvalue weighted by Crippen LogP contribution is 2.23. The first-order valence-electron chi connectivity index (χ1n) is 8.28. The van der Waals surface area contributed by atoms with Crippen LogP contribution >= 0.6 is 0 Å². The number of aromatic nitrogens is 1. The molecule has 0 unspecified atom stereocenters. The van der Waals surface area contributed by atoms with E-state index in [1.165, 1.54) is 0 Å². The summed E-state index contributed by atoms with van der Waals surface area (Å²) in [6, 6.07) is 16.3. The summed E-state index contributed by atoms with van der Waals surface area (Å²) in [7, 11) is 2.05. The predicted molar refractivity (Wildman–Crippen MR) is 101 cm³/mol. The molecule has 0 saturated carbocycles. The van der Waals surface area contributed by atoms with Gasteiger partial charge in [-0.15, -0.1) is 0 Å². The summed E-state index contributed by atoms with van der Waals surface area (Å²) in [5.41, 5.74) is 4.12. The molecule has 0 bridgehead atoms. The zero-order chi connectivity index (χ0) is 16.5. The van der Waals surface area contributed by atoms with E-state index in [9.17, 15) is 4.79 Å². The van der Waals surface area contributed by atoms with Gasteiger partial charge in [-0.3, -0.25) is 4.79 Å². The summed E-state index contributed by atoms with van der Waals surface area (Å²) in [6.07, 6.45) is 0. The molecule has 0 spiro atoms. The second-order valence-corrected chi connectivity index (χ2v) is 6.20. The van der Waals surface area contributed by atoms with Gasteiger partial charge in [0.25, 0.3) is 5.56 Å². The van der Waals surface area contributed by atoms with Gasteiger partial charge in [0.15, 0.2) is 0 Å². The highest BCUT2D eigenvalue weighted by atomic mass is 16.5. The molecule has 0 radical (unpaired) electrons. The van der Waals surface area contributed by atoms with E-state index in [1.807, 2.05) is 30.3 Å². The van der Waals surface area contributed by atoms with Crippen LogP contribution in [0, 0.1) is 0 Å². The van der Waals surface area contributed by atoms with Crippen molar-refractivity contribution in [2.24, 2.45) is 0 Å². The number of ether oxygens (including phenoxy) is 1. The molecular formula is C19H19BN2O2. The van der Waals surface area contributed by atoms with Crippen molar-refractivity contribution in [2.75, 3.05) is 31.2 Å². The third kappa shape index (κ3) is 2.72. The SMILES string of the molecule is Bc1ccccc1-c1cc2ccc(N3CCOCC3)cc2c(=O)[nH]1. The van der Waals surface area contributed by atoms with E-state index in [-0.39, 0.29) is 5.56 Å². The Kier molecular flexibility index (Phi) is 3.86. The van der Waals surface area contributed by atoms with Gasteiger partial charge in [-0.2, -0.15) is 0 Å². The van der Waals surface area contributed by atoms with Crippen molar-refractivity contribution >= 4 is 29.8 Å². The number of aromatic amines is 1. The van der Waals surface area contributed by atoms with Gasteiger partial charge in [-0.05, 0) is 29.1 Å². The number of pyridine rings is 1. The molecule has 1 saturated heterocycles. The smallest absolute Gasteiger partial charge is 0.256 e. The average Bonchev–Trinajstić information content (AvgIpc) is 2.62. The number of nitrogens with one attached hydrogen (secondary N) is 1. The van der Waals surface area contributed by atoms with E-state index in [0.717, 1.165) is 59.5 Å². The fourth-order valence-corrected chi connectivity index (χ4v) is 3.29. The number of fused-ring (bicyclic) bond motifs is 1. The fourth-order valence-electron chi connectivity index (χ4n) is 3.29. The van der Waals surface area contributed by atoms with Gasteiger partial charge in [0.1, 0.15) is 7.85 Å². The molecule has 1 fully saturated rings. The highest BCUT2D eigenvalue weighted by Gasteiger charge is 2.13. The van der Waals surface area contributed by atoms with E-state index in [2.05, 4.69) is 35.9 Å². The summed E-state index contributed by atoms with van der Waals surface area (Å²) >= 11 is 0. The first-order valence-corrected chi connectivity index (χ1v) is 8.28. The van der Waals surface area contributed by atoms with Crippen LogP contribution in [-0.2, 0) is 4.74 Å². The van der Waals surface area contributed by atoms with Crippen LogP contribution in [0.5, 0.6) is 0 Å². The Morgan fingerprint density at radius 1 is 1.04 bits per heavy atom. The quantitative estimate of drug-likeness (QED) is 0.724. The lowest BCUT2D eigenvalue weighted by molar-refractivity contribution is 0.122. The van der Waals surface area contributed by atoms with Gasteiger partial charge >= 0.3 is 0 Å². The minimum atomic E-state index is -0.0409. The molecule has 2 aromatic carbocycles. The number of hydrogen-bond donors (Lipinski definition) is 1. The molecule has 2 heterocycles. The summed E-state index contributed by atoms with van der Waals surface area (Å²) in [5, 5.41) is 1.70. The Morgan fingerprint density at radius 2 is 1.83 bits per heavy atom. The Hall–Kier alpha value is -2.53. The molecule has 5 heteroatoms. The molecule has 1 N–H and O–H groups in total. The van der Waals surface area contributed by atoms with Crippen LogP contribution in [-0.4, -0.2) is 39.1 Å². The van der Waals surface area contributed by atoms with Gasteiger partial charge in [0.2, 0.25) is 0 Å². The molecule has 24 heavy (non-hydrogen) atoms. The van der Waals surface area contributed by atoms with Gasteiger partial charge < -0.3 is 14.6 Å². The number of benzene rings is 2. The number of anilines is 1. The maximum Gasteiger partial charge on any atom is 0.256 e. The third-order valence-electron chi connectivity index (χ3n) is 4.64. The Bertz CT molecular complexity index is 945. The van der Waals surface area contributed by atoms with Crippen LogP contribution < -0.4 is 15.9 Å². The van der Waals surface area contributed by atoms with Crippen LogP contribution in [0.4, 0.5) is 5.69 Å². The summed E-state index contributed by atoms with van der Waals surface area (Å²) in [6.45, 7) is 3.21. The van der Waals surface area contributed by atoms with Gasteiger partial charge in [0.05, 0.1) is 13.2 Å². The normalized spacial score (nSPS) is 14.9. The lowest BCUT2D eigenvalue weighted by Crippen LogP contribution is -2.36. The zero-order valence-corrected chi connectivity index (χ0v) is 13.7. The molecule has 4 nitrogen and oxygen atoms in total. The lowest BCUT2D eigenvalue weighted by Gasteiger charge is -2.29. The van der Waals surface area contributed by atoms with Gasteiger partial charge in [-0.25, -0.2) is 0 Å². The molecule has 120 valence electrons.